The zero-order chi connectivity index (χ0) is 27.3. The second-order valence-electron chi connectivity index (χ2n) is 10.1. The lowest BCUT2D eigenvalue weighted by Gasteiger charge is -2.39. The van der Waals surface area contributed by atoms with E-state index in [-0.39, 0.29) is 17.5 Å². The van der Waals surface area contributed by atoms with E-state index in [2.05, 4.69) is 42.7 Å². The minimum atomic E-state index is -4.41. The molecule has 38 heavy (non-hydrogen) atoms. The number of ether oxygens (including phenoxy) is 2. The van der Waals surface area contributed by atoms with Crippen molar-refractivity contribution in [3.63, 3.8) is 0 Å². The fraction of sp³-hybridized carbons (Fsp3) is 0.552. The fourth-order valence-corrected chi connectivity index (χ4v) is 5.21. The third-order valence-corrected chi connectivity index (χ3v) is 7.82. The van der Waals surface area contributed by atoms with Gasteiger partial charge in [-0.1, -0.05) is 6.07 Å². The van der Waals surface area contributed by atoms with Crippen LogP contribution < -0.4 is 4.74 Å². The van der Waals surface area contributed by atoms with Crippen LogP contribution in [0.4, 0.5) is 13.2 Å². The van der Waals surface area contributed by atoms with E-state index in [1.807, 2.05) is 0 Å². The van der Waals surface area contributed by atoms with Crippen molar-refractivity contribution in [3.05, 3.63) is 64.2 Å². The average Bonchev–Trinajstić information content (AvgIpc) is 2.93. The lowest BCUT2D eigenvalue weighted by molar-refractivity contribution is -0.137. The van der Waals surface area contributed by atoms with Gasteiger partial charge in [-0.2, -0.15) is 13.2 Å². The average molecular weight is 534 g/mol. The Kier molecular flexibility index (Phi) is 9.33. The molecule has 2 aliphatic heterocycles. The van der Waals surface area contributed by atoms with Crippen molar-refractivity contribution >= 4 is 5.91 Å². The zero-order valence-electron chi connectivity index (χ0n) is 22.5. The van der Waals surface area contributed by atoms with Gasteiger partial charge in [0, 0.05) is 57.4 Å². The molecule has 0 bridgehead atoms. The van der Waals surface area contributed by atoms with Crippen LogP contribution in [0, 0.1) is 13.8 Å². The second-order valence-corrected chi connectivity index (χ2v) is 10.1. The van der Waals surface area contributed by atoms with E-state index in [0.717, 1.165) is 62.7 Å². The Bertz CT molecular complexity index is 1080. The highest BCUT2D eigenvalue weighted by Crippen LogP contribution is 2.32. The summed E-state index contributed by atoms with van der Waals surface area (Å²) < 4.78 is 50.0. The first-order valence-corrected chi connectivity index (χ1v) is 13.4. The summed E-state index contributed by atoms with van der Waals surface area (Å²) in [5.74, 6) is 0.695. The molecule has 1 amide bonds. The number of benzene rings is 2. The number of hydrogen-bond donors (Lipinski definition) is 0. The van der Waals surface area contributed by atoms with Gasteiger partial charge in [0.2, 0.25) is 0 Å². The monoisotopic (exact) mass is 533 g/mol. The van der Waals surface area contributed by atoms with E-state index in [1.54, 1.807) is 4.90 Å². The Balaban J connectivity index is 1.28. The molecule has 4 rings (SSSR count). The summed E-state index contributed by atoms with van der Waals surface area (Å²) in [5, 5.41) is 0. The molecule has 0 aliphatic carbocycles. The van der Waals surface area contributed by atoms with Crippen molar-refractivity contribution in [1.29, 1.82) is 0 Å². The number of halogens is 3. The van der Waals surface area contributed by atoms with Crippen molar-refractivity contribution in [3.8, 4) is 5.75 Å². The SMILES string of the molecule is Cc1c(OCCCN2CCOCC2)ccc(C(C)N2CCN(C(=O)c3ccc(C(F)(F)F)cc3)CC2)c1C. The van der Waals surface area contributed by atoms with Crippen LogP contribution in [0.1, 0.15) is 52.0 Å². The molecule has 0 spiro atoms. The molecule has 2 aliphatic rings. The van der Waals surface area contributed by atoms with Gasteiger partial charge in [0.1, 0.15) is 5.75 Å². The molecule has 0 saturated carbocycles. The minimum Gasteiger partial charge on any atom is -0.493 e. The van der Waals surface area contributed by atoms with Crippen molar-refractivity contribution in [2.24, 2.45) is 0 Å². The number of hydrogen-bond acceptors (Lipinski definition) is 5. The first-order valence-electron chi connectivity index (χ1n) is 13.4. The number of piperazine rings is 1. The quantitative estimate of drug-likeness (QED) is 0.450. The number of amides is 1. The Hall–Kier alpha value is -2.62. The van der Waals surface area contributed by atoms with E-state index < -0.39 is 11.7 Å². The number of morpholine rings is 1. The normalized spacial score (nSPS) is 18.4. The molecule has 6 nitrogen and oxygen atoms in total. The van der Waals surface area contributed by atoms with Gasteiger partial charge in [0.05, 0.1) is 25.4 Å². The van der Waals surface area contributed by atoms with Crippen molar-refractivity contribution in [1.82, 2.24) is 14.7 Å². The maximum absolute atomic E-state index is 12.8. The Morgan fingerprint density at radius 1 is 0.947 bits per heavy atom. The third kappa shape index (κ3) is 6.87. The van der Waals surface area contributed by atoms with E-state index in [9.17, 15) is 18.0 Å². The maximum Gasteiger partial charge on any atom is 0.416 e. The van der Waals surface area contributed by atoms with Gasteiger partial charge in [-0.3, -0.25) is 14.6 Å². The van der Waals surface area contributed by atoms with Crippen LogP contribution in [0.3, 0.4) is 0 Å². The van der Waals surface area contributed by atoms with Gasteiger partial charge in [0.15, 0.2) is 0 Å². The Morgan fingerprint density at radius 3 is 2.24 bits per heavy atom. The highest BCUT2D eigenvalue weighted by atomic mass is 19.4. The number of rotatable bonds is 8. The predicted molar refractivity (Wildman–Crippen MR) is 141 cm³/mol. The Morgan fingerprint density at radius 2 is 1.61 bits per heavy atom. The van der Waals surface area contributed by atoms with Crippen LogP contribution in [-0.4, -0.2) is 86.2 Å². The number of alkyl halides is 3. The van der Waals surface area contributed by atoms with Crippen LogP contribution in [0.2, 0.25) is 0 Å². The highest BCUT2D eigenvalue weighted by molar-refractivity contribution is 5.94. The largest absolute Gasteiger partial charge is 0.493 e. The molecule has 9 heteroatoms. The summed E-state index contributed by atoms with van der Waals surface area (Å²) in [5.41, 5.74) is 3.14. The summed E-state index contributed by atoms with van der Waals surface area (Å²) in [4.78, 5) is 19.3. The van der Waals surface area contributed by atoms with Crippen LogP contribution in [0.25, 0.3) is 0 Å². The van der Waals surface area contributed by atoms with E-state index in [1.165, 1.54) is 23.3 Å². The van der Waals surface area contributed by atoms with Crippen LogP contribution in [0.5, 0.6) is 5.75 Å². The van der Waals surface area contributed by atoms with Gasteiger partial charge in [0.25, 0.3) is 5.91 Å². The van der Waals surface area contributed by atoms with E-state index in [4.69, 9.17) is 9.47 Å². The van der Waals surface area contributed by atoms with E-state index in [0.29, 0.717) is 32.8 Å². The van der Waals surface area contributed by atoms with Gasteiger partial charge in [-0.15, -0.1) is 0 Å². The van der Waals surface area contributed by atoms with E-state index >= 15 is 0 Å². The zero-order valence-corrected chi connectivity index (χ0v) is 22.5. The summed E-state index contributed by atoms with van der Waals surface area (Å²) in [6, 6.07) is 8.84. The molecule has 1 atom stereocenters. The molecule has 2 aromatic rings. The van der Waals surface area contributed by atoms with Crippen LogP contribution in [-0.2, 0) is 10.9 Å². The molecule has 2 aromatic carbocycles. The number of nitrogens with zero attached hydrogens (tertiary/aromatic N) is 3. The highest BCUT2D eigenvalue weighted by Gasteiger charge is 2.31. The smallest absolute Gasteiger partial charge is 0.416 e. The molecular formula is C29H38F3N3O3. The summed E-state index contributed by atoms with van der Waals surface area (Å²) in [6.45, 7) is 14.2. The molecule has 0 aromatic heterocycles. The van der Waals surface area contributed by atoms with Crippen molar-refractivity contribution in [2.45, 2.75) is 39.4 Å². The van der Waals surface area contributed by atoms with Crippen molar-refractivity contribution in [2.75, 3.05) is 65.6 Å². The molecule has 2 fully saturated rings. The molecule has 2 saturated heterocycles. The lowest BCUT2D eigenvalue weighted by atomic mass is 9.96. The molecule has 0 radical (unpaired) electrons. The fourth-order valence-electron chi connectivity index (χ4n) is 5.21. The van der Waals surface area contributed by atoms with Gasteiger partial charge in [-0.05, 0) is 74.2 Å². The predicted octanol–water partition coefficient (Wildman–Crippen LogP) is 4.94. The number of carbonyl (C=O) groups is 1. The third-order valence-electron chi connectivity index (χ3n) is 7.82. The molecule has 1 unspecified atom stereocenters. The van der Waals surface area contributed by atoms with Crippen LogP contribution in [0.15, 0.2) is 36.4 Å². The first kappa shape index (κ1) is 28.4. The minimum absolute atomic E-state index is 0.174. The van der Waals surface area contributed by atoms with Crippen molar-refractivity contribution < 1.29 is 27.4 Å². The topological polar surface area (TPSA) is 45.3 Å². The Labute approximate surface area is 223 Å². The summed E-state index contributed by atoms with van der Waals surface area (Å²) in [7, 11) is 0. The van der Waals surface area contributed by atoms with Gasteiger partial charge < -0.3 is 14.4 Å². The van der Waals surface area contributed by atoms with Gasteiger partial charge in [-0.25, -0.2) is 0 Å². The molecule has 2 heterocycles. The first-order chi connectivity index (χ1) is 18.1. The second kappa shape index (κ2) is 12.5. The van der Waals surface area contributed by atoms with Crippen LogP contribution >= 0.6 is 0 Å². The summed E-state index contributed by atoms with van der Waals surface area (Å²) >= 11 is 0. The standard InChI is InChI=1S/C29H38F3N3O3/c1-21-22(2)27(38-18-4-11-33-16-19-37-20-17-33)10-9-26(21)23(3)34-12-14-35(15-13-34)28(36)24-5-7-25(8-6-24)29(30,31)32/h5-10,23H,4,11-20H2,1-3H3. The summed E-state index contributed by atoms with van der Waals surface area (Å²) in [6.07, 6.45) is -3.43. The number of carbonyl (C=O) groups excluding carboxylic acids is 1. The molecular weight excluding hydrogens is 495 g/mol. The molecule has 208 valence electrons. The maximum atomic E-state index is 12.8. The lowest BCUT2D eigenvalue weighted by Crippen LogP contribution is -2.49. The van der Waals surface area contributed by atoms with Gasteiger partial charge >= 0.3 is 6.18 Å². The molecule has 0 N–H and O–H groups in total.